The Kier molecular flexibility index (Phi) is 3.89. The fourth-order valence-corrected chi connectivity index (χ4v) is 2.73. The largest absolute Gasteiger partial charge is 0.480 e. The van der Waals surface area contributed by atoms with Crippen LogP contribution in [0, 0.1) is 5.92 Å². The molecule has 2 rings (SSSR count). The molecule has 0 aromatic rings. The lowest BCUT2D eigenvalue weighted by molar-refractivity contribution is -0.142. The summed E-state index contributed by atoms with van der Waals surface area (Å²) in [7, 11) is 0. The van der Waals surface area contributed by atoms with Gasteiger partial charge in [-0.15, -0.1) is 0 Å². The normalized spacial score (nSPS) is 31.4. The Morgan fingerprint density at radius 3 is 2.72 bits per heavy atom. The third-order valence-electron chi connectivity index (χ3n) is 3.81. The van der Waals surface area contributed by atoms with E-state index in [0.717, 1.165) is 25.7 Å². The van der Waals surface area contributed by atoms with Gasteiger partial charge in [0.05, 0.1) is 0 Å². The highest BCUT2D eigenvalue weighted by molar-refractivity contribution is 5.83. The number of hydrogen-bond acceptors (Lipinski definition) is 2. The van der Waals surface area contributed by atoms with Gasteiger partial charge in [-0.05, 0) is 31.6 Å². The highest BCUT2D eigenvalue weighted by atomic mass is 16.4. The second-order valence-electron chi connectivity index (χ2n) is 5.17. The Morgan fingerprint density at radius 2 is 2.11 bits per heavy atom. The fourth-order valence-electron chi connectivity index (χ4n) is 2.73. The van der Waals surface area contributed by atoms with E-state index in [1.54, 1.807) is 0 Å². The summed E-state index contributed by atoms with van der Waals surface area (Å²) in [5.74, 6) is -0.877. The number of carboxylic acid groups (broad SMARTS) is 1. The first-order valence-corrected chi connectivity index (χ1v) is 6.54. The number of nitrogens with zero attached hydrogens (tertiary/aromatic N) is 1. The van der Waals surface area contributed by atoms with Gasteiger partial charge in [-0.1, -0.05) is 19.1 Å². The van der Waals surface area contributed by atoms with E-state index in [9.17, 15) is 14.7 Å². The first kappa shape index (κ1) is 12.9. The molecule has 0 aromatic carbocycles. The fraction of sp³-hybridized carbons (Fsp3) is 0.692. The lowest BCUT2D eigenvalue weighted by Crippen LogP contribution is -2.50. The molecule has 2 amide bonds. The van der Waals surface area contributed by atoms with E-state index < -0.39 is 12.0 Å². The predicted octanol–water partition coefficient (Wildman–Crippen LogP) is 1.60. The molecule has 0 radical (unpaired) electrons. The van der Waals surface area contributed by atoms with Crippen LogP contribution in [0.5, 0.6) is 0 Å². The van der Waals surface area contributed by atoms with Crippen molar-refractivity contribution in [3.05, 3.63) is 12.2 Å². The number of likely N-dealkylation sites (tertiary alicyclic amines) is 1. The summed E-state index contributed by atoms with van der Waals surface area (Å²) < 4.78 is 0. The summed E-state index contributed by atoms with van der Waals surface area (Å²) in [5.41, 5.74) is 0. The molecule has 2 N–H and O–H groups in total. The Labute approximate surface area is 107 Å². The van der Waals surface area contributed by atoms with Crippen LogP contribution in [0.2, 0.25) is 0 Å². The molecule has 18 heavy (non-hydrogen) atoms. The molecular formula is C13H20N2O3. The molecule has 5 heteroatoms. The standard InChI is InChI=1S/C13H20N2O3/c1-9-7-8-15(11(9)12(16)17)13(18)14-10-5-3-2-4-6-10/h2-3,9-11H,4-8H2,1H3,(H,14,18)(H,16,17). The van der Waals surface area contributed by atoms with Gasteiger partial charge < -0.3 is 15.3 Å². The van der Waals surface area contributed by atoms with Crippen molar-refractivity contribution in [1.82, 2.24) is 10.2 Å². The van der Waals surface area contributed by atoms with Gasteiger partial charge in [0.15, 0.2) is 0 Å². The molecule has 0 bridgehead atoms. The number of rotatable bonds is 2. The topological polar surface area (TPSA) is 69.6 Å². The monoisotopic (exact) mass is 252 g/mol. The van der Waals surface area contributed by atoms with E-state index in [0.29, 0.717) is 6.54 Å². The van der Waals surface area contributed by atoms with Crippen molar-refractivity contribution in [3.63, 3.8) is 0 Å². The van der Waals surface area contributed by atoms with Crippen LogP contribution >= 0.6 is 0 Å². The first-order valence-electron chi connectivity index (χ1n) is 6.54. The molecule has 0 aromatic heterocycles. The van der Waals surface area contributed by atoms with Gasteiger partial charge in [0.1, 0.15) is 6.04 Å². The smallest absolute Gasteiger partial charge is 0.326 e. The average Bonchev–Trinajstić information content (AvgIpc) is 2.72. The van der Waals surface area contributed by atoms with Crippen molar-refractivity contribution in [2.24, 2.45) is 5.92 Å². The average molecular weight is 252 g/mol. The van der Waals surface area contributed by atoms with Gasteiger partial charge in [-0.25, -0.2) is 9.59 Å². The van der Waals surface area contributed by atoms with Gasteiger partial charge in [-0.3, -0.25) is 0 Å². The molecule has 0 spiro atoms. The molecule has 3 unspecified atom stereocenters. The minimum absolute atomic E-state index is 0.0273. The molecule has 1 aliphatic carbocycles. The van der Waals surface area contributed by atoms with Crippen LogP contribution < -0.4 is 5.32 Å². The number of carbonyl (C=O) groups excluding carboxylic acids is 1. The number of hydrogen-bond donors (Lipinski definition) is 2. The summed E-state index contributed by atoms with van der Waals surface area (Å²) in [4.78, 5) is 24.8. The van der Waals surface area contributed by atoms with Gasteiger partial charge in [0.25, 0.3) is 0 Å². The van der Waals surface area contributed by atoms with Crippen LogP contribution in [0.3, 0.4) is 0 Å². The maximum absolute atomic E-state index is 12.1. The molecule has 5 nitrogen and oxygen atoms in total. The number of amides is 2. The van der Waals surface area contributed by atoms with Gasteiger partial charge >= 0.3 is 12.0 Å². The maximum Gasteiger partial charge on any atom is 0.326 e. The van der Waals surface area contributed by atoms with Crippen molar-refractivity contribution in [2.75, 3.05) is 6.54 Å². The van der Waals surface area contributed by atoms with E-state index in [1.165, 1.54) is 4.90 Å². The quantitative estimate of drug-likeness (QED) is 0.733. The van der Waals surface area contributed by atoms with E-state index in [1.807, 2.05) is 6.92 Å². The number of nitrogens with one attached hydrogen (secondary N) is 1. The highest BCUT2D eigenvalue weighted by Crippen LogP contribution is 2.24. The SMILES string of the molecule is CC1CCN(C(=O)NC2CC=CCC2)C1C(=O)O. The molecule has 100 valence electrons. The zero-order chi connectivity index (χ0) is 13.1. The van der Waals surface area contributed by atoms with Crippen molar-refractivity contribution < 1.29 is 14.7 Å². The van der Waals surface area contributed by atoms with Crippen LogP contribution in [0.4, 0.5) is 4.79 Å². The van der Waals surface area contributed by atoms with Crippen LogP contribution in [0.25, 0.3) is 0 Å². The summed E-state index contributed by atoms with van der Waals surface area (Å²) in [6, 6.07) is -0.760. The molecule has 1 saturated heterocycles. The van der Waals surface area contributed by atoms with Gasteiger partial charge in [0, 0.05) is 12.6 Å². The predicted molar refractivity (Wildman–Crippen MR) is 67.2 cm³/mol. The molecule has 1 fully saturated rings. The van der Waals surface area contributed by atoms with Crippen molar-refractivity contribution >= 4 is 12.0 Å². The van der Waals surface area contributed by atoms with Crippen LogP contribution in [-0.2, 0) is 4.79 Å². The van der Waals surface area contributed by atoms with Crippen molar-refractivity contribution in [3.8, 4) is 0 Å². The number of carboxylic acids is 1. The summed E-state index contributed by atoms with van der Waals surface area (Å²) in [5, 5.41) is 12.1. The van der Waals surface area contributed by atoms with Crippen molar-refractivity contribution in [2.45, 2.75) is 44.7 Å². The third kappa shape index (κ3) is 2.66. The highest BCUT2D eigenvalue weighted by Gasteiger charge is 2.39. The minimum Gasteiger partial charge on any atom is -0.480 e. The Bertz CT molecular complexity index is 367. The molecular weight excluding hydrogens is 232 g/mol. The summed E-state index contributed by atoms with van der Waals surface area (Å²) in [6.07, 6.45) is 7.69. The molecule has 1 heterocycles. The number of allylic oxidation sites excluding steroid dienone is 1. The Hall–Kier alpha value is -1.52. The summed E-state index contributed by atoms with van der Waals surface area (Å²) in [6.45, 7) is 2.42. The van der Waals surface area contributed by atoms with E-state index in [-0.39, 0.29) is 18.0 Å². The van der Waals surface area contributed by atoms with Crippen LogP contribution in [0.15, 0.2) is 12.2 Å². The van der Waals surface area contributed by atoms with E-state index in [2.05, 4.69) is 17.5 Å². The summed E-state index contributed by atoms with van der Waals surface area (Å²) >= 11 is 0. The van der Waals surface area contributed by atoms with Crippen LogP contribution in [0.1, 0.15) is 32.6 Å². The molecule has 0 saturated carbocycles. The third-order valence-corrected chi connectivity index (χ3v) is 3.81. The molecule has 2 aliphatic rings. The van der Waals surface area contributed by atoms with E-state index in [4.69, 9.17) is 0 Å². The molecule has 3 atom stereocenters. The van der Waals surface area contributed by atoms with Crippen molar-refractivity contribution in [1.29, 1.82) is 0 Å². The zero-order valence-electron chi connectivity index (χ0n) is 10.6. The van der Waals surface area contributed by atoms with Crippen LogP contribution in [-0.4, -0.2) is 40.6 Å². The minimum atomic E-state index is -0.904. The Balaban J connectivity index is 1.95. The maximum atomic E-state index is 12.1. The Morgan fingerprint density at radius 1 is 1.33 bits per heavy atom. The van der Waals surface area contributed by atoms with Gasteiger partial charge in [-0.2, -0.15) is 0 Å². The number of urea groups is 1. The van der Waals surface area contributed by atoms with E-state index >= 15 is 0 Å². The lowest BCUT2D eigenvalue weighted by Gasteiger charge is -2.27. The molecule has 1 aliphatic heterocycles. The zero-order valence-corrected chi connectivity index (χ0v) is 10.6. The number of aliphatic carboxylic acids is 1. The van der Waals surface area contributed by atoms with Gasteiger partial charge in [0.2, 0.25) is 0 Å². The second-order valence-corrected chi connectivity index (χ2v) is 5.17. The first-order chi connectivity index (χ1) is 8.59. The number of carbonyl (C=O) groups is 2. The second kappa shape index (κ2) is 5.42. The lowest BCUT2D eigenvalue weighted by atomic mass is 10.0.